The molecule has 1 aromatic carbocycles. The van der Waals surface area contributed by atoms with Crippen LogP contribution in [0.25, 0.3) is 0 Å². The van der Waals surface area contributed by atoms with Crippen molar-refractivity contribution in [3.8, 4) is 6.07 Å². The molecule has 1 amide bonds. The fraction of sp³-hybridized carbons (Fsp3) is 0.680. The van der Waals surface area contributed by atoms with Crippen molar-refractivity contribution in [1.82, 2.24) is 20.1 Å². The van der Waals surface area contributed by atoms with Crippen molar-refractivity contribution in [2.75, 3.05) is 11.9 Å². The van der Waals surface area contributed by atoms with Crippen molar-refractivity contribution in [2.45, 2.75) is 94.5 Å². The summed E-state index contributed by atoms with van der Waals surface area (Å²) in [6, 6.07) is 7.97. The Morgan fingerprint density at radius 2 is 1.89 bits per heavy atom. The maximum absolute atomic E-state index is 13.0. The quantitative estimate of drug-likeness (QED) is 0.546. The zero-order chi connectivity index (χ0) is 25.0. The van der Waals surface area contributed by atoms with Crippen molar-refractivity contribution >= 4 is 21.6 Å². The van der Waals surface area contributed by atoms with Crippen LogP contribution in [0.2, 0.25) is 0 Å². The summed E-state index contributed by atoms with van der Waals surface area (Å²) in [5, 5.41) is 18.6. The van der Waals surface area contributed by atoms with E-state index in [9.17, 15) is 18.5 Å². The molecule has 5 atom stereocenters. The smallest absolute Gasteiger partial charge is 0.244 e. The van der Waals surface area contributed by atoms with Gasteiger partial charge in [0.05, 0.1) is 22.8 Å². The van der Waals surface area contributed by atoms with E-state index >= 15 is 0 Å². The van der Waals surface area contributed by atoms with Gasteiger partial charge < -0.3 is 10.6 Å². The van der Waals surface area contributed by atoms with Crippen LogP contribution in [0.5, 0.6) is 0 Å². The van der Waals surface area contributed by atoms with Gasteiger partial charge in [-0.05, 0) is 63.8 Å². The number of amides is 1. The molecule has 3 unspecified atom stereocenters. The molecule has 9 nitrogen and oxygen atoms in total. The molecule has 5 rings (SSSR count). The fourth-order valence-electron chi connectivity index (χ4n) is 6.25. The van der Waals surface area contributed by atoms with Crippen LogP contribution in [0.3, 0.4) is 0 Å². The molecule has 3 aliphatic heterocycles. The summed E-state index contributed by atoms with van der Waals surface area (Å²) >= 11 is 0. The second kappa shape index (κ2) is 9.04. The van der Waals surface area contributed by atoms with Crippen LogP contribution in [0.1, 0.15) is 64.9 Å². The molecule has 4 aliphatic rings. The topological polar surface area (TPSA) is 118 Å². The maximum Gasteiger partial charge on any atom is 0.244 e. The molecule has 2 saturated heterocycles. The van der Waals surface area contributed by atoms with Crippen LogP contribution >= 0.6 is 0 Å². The summed E-state index contributed by atoms with van der Waals surface area (Å²) in [6.07, 6.45) is 5.64. The molecule has 3 heterocycles. The Hall–Kier alpha value is -2.19. The molecule has 0 spiro atoms. The molecule has 0 bridgehead atoms. The summed E-state index contributed by atoms with van der Waals surface area (Å²) in [5.74, 6) is -0.337. The van der Waals surface area contributed by atoms with Gasteiger partial charge in [-0.25, -0.2) is 18.9 Å². The largest absolute Gasteiger partial charge is 0.368 e. The SMILES string of the molecule is CC(C)(C)N1Cc2cc(NC3NN([C@H]4CCCCC[C@@H]4C#N)C4CCNC(=O)C34)ccc2S1(=O)=O. The summed E-state index contributed by atoms with van der Waals surface area (Å²) in [4.78, 5) is 13.3. The number of nitriles is 1. The molecule has 0 radical (unpaired) electrons. The number of anilines is 1. The average Bonchev–Trinajstić information content (AvgIpc) is 3.17. The van der Waals surface area contributed by atoms with Crippen LogP contribution in [-0.2, 0) is 21.4 Å². The Bertz CT molecular complexity index is 1140. The van der Waals surface area contributed by atoms with Crippen LogP contribution in [-0.4, -0.2) is 54.0 Å². The van der Waals surface area contributed by atoms with Crippen molar-refractivity contribution < 1.29 is 13.2 Å². The van der Waals surface area contributed by atoms with Gasteiger partial charge in [-0.3, -0.25) is 4.79 Å². The Morgan fingerprint density at radius 1 is 1.11 bits per heavy atom. The number of benzene rings is 1. The Labute approximate surface area is 208 Å². The van der Waals surface area contributed by atoms with E-state index in [0.717, 1.165) is 49.8 Å². The monoisotopic (exact) mass is 500 g/mol. The molecule has 3 N–H and O–H groups in total. The van der Waals surface area contributed by atoms with Gasteiger partial charge in [0, 0.05) is 36.4 Å². The van der Waals surface area contributed by atoms with Crippen LogP contribution in [0.4, 0.5) is 5.69 Å². The first-order valence-electron chi connectivity index (χ1n) is 12.8. The van der Waals surface area contributed by atoms with Gasteiger partial charge in [0.25, 0.3) is 0 Å². The average molecular weight is 501 g/mol. The van der Waals surface area contributed by atoms with Crippen molar-refractivity contribution in [3.05, 3.63) is 23.8 Å². The van der Waals surface area contributed by atoms with Crippen LogP contribution in [0.15, 0.2) is 23.1 Å². The molecule has 35 heavy (non-hydrogen) atoms. The van der Waals surface area contributed by atoms with E-state index in [1.807, 2.05) is 26.8 Å². The number of nitrogens with one attached hydrogen (secondary N) is 3. The number of fused-ring (bicyclic) bond motifs is 2. The van der Waals surface area contributed by atoms with Gasteiger partial charge in [0.2, 0.25) is 15.9 Å². The summed E-state index contributed by atoms with van der Waals surface area (Å²) in [5.41, 5.74) is 4.60. The van der Waals surface area contributed by atoms with E-state index in [2.05, 4.69) is 27.1 Å². The standard InChI is InChI=1S/C25H36N6O3S/c1-25(2,3)30-15-17-13-18(9-10-21(17)35(30,33)34)28-23-22-20(11-12-27-24(22)32)31(29-23)19-8-6-4-5-7-16(19)14-26/h9-10,13,16,19-20,22-23,28-29H,4-8,11-12,15H2,1-3H3,(H,27,32)/t16-,19+,20?,22?,23?/m1/s1. The first-order valence-corrected chi connectivity index (χ1v) is 14.2. The van der Waals surface area contributed by atoms with E-state index in [1.165, 1.54) is 4.31 Å². The molecule has 0 aromatic heterocycles. The van der Waals surface area contributed by atoms with Crippen LogP contribution < -0.4 is 16.1 Å². The van der Waals surface area contributed by atoms with Crippen molar-refractivity contribution in [1.29, 1.82) is 5.26 Å². The molecule has 1 aliphatic carbocycles. The zero-order valence-electron chi connectivity index (χ0n) is 20.8. The molecule has 3 fully saturated rings. The predicted molar refractivity (Wildman–Crippen MR) is 132 cm³/mol. The van der Waals surface area contributed by atoms with Gasteiger partial charge in [-0.1, -0.05) is 19.3 Å². The number of piperidine rings is 1. The molecule has 190 valence electrons. The highest BCUT2D eigenvalue weighted by Gasteiger charge is 2.51. The van der Waals surface area contributed by atoms with E-state index in [1.54, 1.807) is 12.1 Å². The second-order valence-corrected chi connectivity index (χ2v) is 13.1. The summed E-state index contributed by atoms with van der Waals surface area (Å²) in [7, 11) is -3.52. The Morgan fingerprint density at radius 3 is 2.63 bits per heavy atom. The number of carbonyl (C=O) groups is 1. The number of hydrogen-bond acceptors (Lipinski definition) is 7. The first kappa shape index (κ1) is 24.5. The lowest BCUT2D eigenvalue weighted by molar-refractivity contribution is -0.128. The number of nitrogens with zero attached hydrogens (tertiary/aromatic N) is 3. The third-order valence-electron chi connectivity index (χ3n) is 7.98. The molecular formula is C25H36N6O3S. The van der Waals surface area contributed by atoms with Gasteiger partial charge in [0.1, 0.15) is 6.17 Å². The normalized spacial score (nSPS) is 33.3. The zero-order valence-corrected chi connectivity index (χ0v) is 21.6. The van der Waals surface area contributed by atoms with E-state index in [0.29, 0.717) is 18.0 Å². The molecule has 1 aromatic rings. The Balaban J connectivity index is 1.41. The van der Waals surface area contributed by atoms with E-state index in [4.69, 9.17) is 0 Å². The van der Waals surface area contributed by atoms with Crippen molar-refractivity contribution in [3.63, 3.8) is 0 Å². The second-order valence-electron chi connectivity index (χ2n) is 11.3. The lowest BCUT2D eigenvalue weighted by Gasteiger charge is -2.36. The minimum Gasteiger partial charge on any atom is -0.368 e. The lowest BCUT2D eigenvalue weighted by atomic mass is 9.88. The number of hydrazine groups is 1. The van der Waals surface area contributed by atoms with Gasteiger partial charge in [-0.15, -0.1) is 0 Å². The highest BCUT2D eigenvalue weighted by molar-refractivity contribution is 7.89. The summed E-state index contributed by atoms with van der Waals surface area (Å²) < 4.78 is 27.6. The number of hydrogen-bond donors (Lipinski definition) is 3. The minimum atomic E-state index is -3.52. The number of carbonyl (C=O) groups excluding carboxylic acids is 1. The third-order valence-corrected chi connectivity index (χ3v) is 10.2. The number of rotatable bonds is 3. The fourth-order valence-corrected chi connectivity index (χ4v) is 8.22. The van der Waals surface area contributed by atoms with E-state index < -0.39 is 15.6 Å². The molecular weight excluding hydrogens is 464 g/mol. The molecule has 10 heteroatoms. The minimum absolute atomic E-state index is 0.0125. The van der Waals surface area contributed by atoms with Crippen molar-refractivity contribution in [2.24, 2.45) is 11.8 Å². The maximum atomic E-state index is 13.0. The highest BCUT2D eigenvalue weighted by atomic mass is 32.2. The van der Waals surface area contributed by atoms with Gasteiger partial charge >= 0.3 is 0 Å². The lowest BCUT2D eigenvalue weighted by Crippen LogP contribution is -2.53. The molecule has 1 saturated carbocycles. The Kier molecular flexibility index (Phi) is 6.33. The number of sulfonamides is 1. The van der Waals surface area contributed by atoms with E-state index in [-0.39, 0.29) is 36.0 Å². The predicted octanol–water partition coefficient (Wildman–Crippen LogP) is 2.52. The first-order chi connectivity index (χ1) is 16.6. The van der Waals surface area contributed by atoms with Crippen LogP contribution in [0, 0.1) is 23.2 Å². The third kappa shape index (κ3) is 4.33. The van der Waals surface area contributed by atoms with Gasteiger partial charge in [0.15, 0.2) is 0 Å². The summed E-state index contributed by atoms with van der Waals surface area (Å²) in [6.45, 7) is 6.66. The highest BCUT2D eigenvalue weighted by Crippen LogP contribution is 2.39. The van der Waals surface area contributed by atoms with Gasteiger partial charge in [-0.2, -0.15) is 9.57 Å².